The molecule has 2 heterocycles. The zero-order chi connectivity index (χ0) is 18.1. The van der Waals surface area contributed by atoms with E-state index in [1.165, 1.54) is 24.5 Å². The third-order valence-corrected chi connectivity index (χ3v) is 5.03. The van der Waals surface area contributed by atoms with Gasteiger partial charge in [0.15, 0.2) is 11.0 Å². The van der Waals surface area contributed by atoms with Gasteiger partial charge in [0.05, 0.1) is 16.1 Å². The molecule has 0 aliphatic heterocycles. The first-order valence-corrected chi connectivity index (χ1v) is 8.53. The quantitative estimate of drug-likeness (QED) is 0.642. The van der Waals surface area contributed by atoms with Gasteiger partial charge >= 0.3 is 6.55 Å². The summed E-state index contributed by atoms with van der Waals surface area (Å²) >= 11 is 4.19. The Hall–Kier alpha value is -2.20. The molecule has 0 fully saturated rings. The van der Waals surface area contributed by atoms with Crippen molar-refractivity contribution in [1.29, 1.82) is 0 Å². The molecule has 130 valence electrons. The molecule has 0 saturated heterocycles. The van der Waals surface area contributed by atoms with Gasteiger partial charge < -0.3 is 0 Å². The Kier molecular flexibility index (Phi) is 4.91. The Morgan fingerprint density at radius 2 is 2.16 bits per heavy atom. The summed E-state index contributed by atoms with van der Waals surface area (Å²) in [5, 5.41) is 2.75. The molecule has 0 radical (unpaired) electrons. The van der Waals surface area contributed by atoms with Gasteiger partial charge in [-0.05, 0) is 41.1 Å². The second kappa shape index (κ2) is 6.96. The molecular weight excluding hydrogens is 421 g/mol. The average Bonchev–Trinajstić information content (AvgIpc) is 3.16. The van der Waals surface area contributed by atoms with Crippen LogP contribution in [0.3, 0.4) is 0 Å². The Labute approximate surface area is 152 Å². The highest BCUT2D eigenvalue weighted by molar-refractivity contribution is 9.10. The number of hydrogen-bond acceptors (Lipinski definition) is 4. The van der Waals surface area contributed by atoms with E-state index in [1.807, 2.05) is 0 Å². The topological polar surface area (TPSA) is 59.8 Å². The maximum atomic E-state index is 13.3. The predicted octanol–water partition coefficient (Wildman–Crippen LogP) is 4.86. The van der Waals surface area contributed by atoms with Crippen LogP contribution in [0.2, 0.25) is 0 Å². The Bertz CT molecular complexity index is 941. The van der Waals surface area contributed by atoms with E-state index in [-0.39, 0.29) is 16.5 Å². The van der Waals surface area contributed by atoms with Crippen LogP contribution in [0, 0.1) is 12.7 Å². The minimum absolute atomic E-state index is 0.0671. The molecular formula is C15H10BrF3N4OS. The predicted molar refractivity (Wildman–Crippen MR) is 91.4 cm³/mol. The molecule has 10 heteroatoms. The molecule has 5 nitrogen and oxygen atoms in total. The normalized spacial score (nSPS) is 11.1. The lowest BCUT2D eigenvalue weighted by Gasteiger charge is -2.05. The van der Waals surface area contributed by atoms with Crippen LogP contribution < -0.4 is 5.32 Å². The zero-order valence-corrected chi connectivity index (χ0v) is 15.0. The highest BCUT2D eigenvalue weighted by atomic mass is 79.9. The summed E-state index contributed by atoms with van der Waals surface area (Å²) in [5.41, 5.74) is 0.551. The van der Waals surface area contributed by atoms with Crippen LogP contribution in [0.1, 0.15) is 22.6 Å². The van der Waals surface area contributed by atoms with Crippen molar-refractivity contribution in [3.8, 4) is 10.7 Å². The number of amides is 1. The summed E-state index contributed by atoms with van der Waals surface area (Å²) in [7, 11) is 0. The van der Waals surface area contributed by atoms with Crippen LogP contribution in [-0.2, 0) is 0 Å². The van der Waals surface area contributed by atoms with E-state index < -0.39 is 18.3 Å². The lowest BCUT2D eigenvalue weighted by Crippen LogP contribution is -2.12. The number of hydrogen-bond donors (Lipinski definition) is 1. The SMILES string of the molecule is Cc1nc(NC(=O)c2cc(F)ccc2Br)sc1-c1nccn1C(F)F. The molecule has 0 spiro atoms. The van der Waals surface area contributed by atoms with Crippen molar-refractivity contribution in [2.45, 2.75) is 13.5 Å². The molecule has 25 heavy (non-hydrogen) atoms. The standard InChI is InChI=1S/C15H10BrF3N4OS/c1-7-11(12-20-4-5-23(12)14(18)19)25-15(21-7)22-13(24)9-6-8(17)2-3-10(9)16/h2-6,14H,1H3,(H,21,22,24). The molecule has 0 unspecified atom stereocenters. The van der Waals surface area contributed by atoms with E-state index in [0.29, 0.717) is 15.0 Å². The number of aromatic nitrogens is 3. The van der Waals surface area contributed by atoms with E-state index >= 15 is 0 Å². The number of nitrogens with zero attached hydrogens (tertiary/aromatic N) is 3. The lowest BCUT2D eigenvalue weighted by molar-refractivity contribution is 0.0720. The monoisotopic (exact) mass is 430 g/mol. The third kappa shape index (κ3) is 3.59. The summed E-state index contributed by atoms with van der Waals surface area (Å²) in [5.74, 6) is -1.05. The number of rotatable bonds is 4. The number of alkyl halides is 2. The van der Waals surface area contributed by atoms with Gasteiger partial charge in [0.2, 0.25) is 0 Å². The number of nitrogens with one attached hydrogen (secondary N) is 1. The summed E-state index contributed by atoms with van der Waals surface area (Å²) in [4.78, 5) is 20.8. The summed E-state index contributed by atoms with van der Waals surface area (Å²) < 4.78 is 40.5. The van der Waals surface area contributed by atoms with Crippen molar-refractivity contribution in [2.24, 2.45) is 0 Å². The first kappa shape index (κ1) is 17.6. The van der Waals surface area contributed by atoms with E-state index in [9.17, 15) is 18.0 Å². The minimum atomic E-state index is -2.74. The number of halogens is 4. The second-order valence-electron chi connectivity index (χ2n) is 4.95. The Morgan fingerprint density at radius 1 is 1.40 bits per heavy atom. The second-order valence-corrected chi connectivity index (χ2v) is 6.80. The van der Waals surface area contributed by atoms with E-state index in [2.05, 4.69) is 31.2 Å². The molecule has 2 aromatic heterocycles. The van der Waals surface area contributed by atoms with Gasteiger partial charge in [-0.15, -0.1) is 0 Å². The van der Waals surface area contributed by atoms with Gasteiger partial charge in [0.1, 0.15) is 5.82 Å². The Morgan fingerprint density at radius 3 is 2.88 bits per heavy atom. The number of imidazole rings is 1. The van der Waals surface area contributed by atoms with Gasteiger partial charge in [-0.2, -0.15) is 8.78 Å². The summed E-state index contributed by atoms with van der Waals surface area (Å²) in [6.07, 6.45) is 2.43. The molecule has 0 bridgehead atoms. The molecule has 1 amide bonds. The van der Waals surface area contributed by atoms with Crippen molar-refractivity contribution in [3.05, 3.63) is 52.1 Å². The maximum absolute atomic E-state index is 13.3. The van der Waals surface area contributed by atoms with Gasteiger partial charge in [-0.1, -0.05) is 11.3 Å². The molecule has 3 rings (SSSR count). The van der Waals surface area contributed by atoms with E-state index in [0.717, 1.165) is 22.0 Å². The highest BCUT2D eigenvalue weighted by Crippen LogP contribution is 2.33. The van der Waals surface area contributed by atoms with Crippen LogP contribution in [0.25, 0.3) is 10.7 Å². The molecule has 1 N–H and O–H groups in total. The number of aryl methyl sites for hydroxylation is 1. The van der Waals surface area contributed by atoms with E-state index in [4.69, 9.17) is 0 Å². The van der Waals surface area contributed by atoms with Crippen molar-refractivity contribution in [2.75, 3.05) is 5.32 Å². The van der Waals surface area contributed by atoms with Gasteiger partial charge in [0, 0.05) is 16.9 Å². The van der Waals surface area contributed by atoms with Crippen LogP contribution in [0.15, 0.2) is 35.1 Å². The highest BCUT2D eigenvalue weighted by Gasteiger charge is 2.20. The summed E-state index contributed by atoms with van der Waals surface area (Å²) in [6.45, 7) is -1.11. The number of thiazole rings is 1. The van der Waals surface area contributed by atoms with Gasteiger partial charge in [-0.25, -0.2) is 14.4 Å². The smallest absolute Gasteiger partial charge is 0.298 e. The first-order chi connectivity index (χ1) is 11.9. The molecule has 1 aromatic carbocycles. The molecule has 0 aliphatic carbocycles. The fourth-order valence-electron chi connectivity index (χ4n) is 2.14. The van der Waals surface area contributed by atoms with Crippen molar-refractivity contribution in [3.63, 3.8) is 0 Å². The number of benzene rings is 1. The Balaban J connectivity index is 1.89. The van der Waals surface area contributed by atoms with E-state index in [1.54, 1.807) is 6.92 Å². The largest absolute Gasteiger partial charge is 0.320 e. The minimum Gasteiger partial charge on any atom is -0.298 e. The van der Waals surface area contributed by atoms with Crippen molar-refractivity contribution >= 4 is 38.3 Å². The maximum Gasteiger partial charge on any atom is 0.320 e. The number of anilines is 1. The fraction of sp³-hybridized carbons (Fsp3) is 0.133. The molecule has 3 aromatic rings. The zero-order valence-electron chi connectivity index (χ0n) is 12.6. The van der Waals surface area contributed by atoms with Crippen LogP contribution in [0.5, 0.6) is 0 Å². The molecule has 0 atom stereocenters. The van der Waals surface area contributed by atoms with Crippen LogP contribution in [-0.4, -0.2) is 20.4 Å². The lowest BCUT2D eigenvalue weighted by atomic mass is 10.2. The average molecular weight is 431 g/mol. The van der Waals surface area contributed by atoms with Gasteiger partial charge in [-0.3, -0.25) is 14.7 Å². The first-order valence-electron chi connectivity index (χ1n) is 6.92. The third-order valence-electron chi connectivity index (χ3n) is 3.27. The number of carbonyl (C=O) groups is 1. The molecule has 0 aliphatic rings. The van der Waals surface area contributed by atoms with Crippen LogP contribution >= 0.6 is 27.3 Å². The fourth-order valence-corrected chi connectivity index (χ4v) is 3.53. The van der Waals surface area contributed by atoms with Crippen molar-refractivity contribution < 1.29 is 18.0 Å². The van der Waals surface area contributed by atoms with Gasteiger partial charge in [0.25, 0.3) is 5.91 Å². The van der Waals surface area contributed by atoms with Crippen LogP contribution in [0.4, 0.5) is 18.3 Å². The van der Waals surface area contributed by atoms with Crippen molar-refractivity contribution in [1.82, 2.24) is 14.5 Å². The molecule has 0 saturated carbocycles. The summed E-state index contributed by atoms with van der Waals surface area (Å²) in [6, 6.07) is 3.73. The number of carbonyl (C=O) groups excluding carboxylic acids is 1.